The molecule has 0 N–H and O–H groups in total. The maximum absolute atomic E-state index is 2.60. The van der Waals surface area contributed by atoms with Crippen molar-refractivity contribution in [3.8, 4) is 0 Å². The van der Waals surface area contributed by atoms with E-state index in [4.69, 9.17) is 0 Å². The number of rotatable bonds is 8. The number of anilines is 2. The van der Waals surface area contributed by atoms with Gasteiger partial charge in [-0.05, 0) is 134 Å². The molecule has 0 fully saturated rings. The SMILES string of the molecule is C1=CC(N(C2=CC=C(/C=C/C3=CC=C(N(c4ccccc4)c4ccc5c(c4)C=CCC5)CC3)CC2)C2C=Cc3ccccc3C2)=CCC1. The first-order chi connectivity index (χ1) is 23.8. The summed E-state index contributed by atoms with van der Waals surface area (Å²) in [7, 11) is 0. The van der Waals surface area contributed by atoms with Crippen molar-refractivity contribution in [2.45, 2.75) is 63.8 Å². The third-order valence-corrected chi connectivity index (χ3v) is 10.3. The van der Waals surface area contributed by atoms with Crippen LogP contribution in [0.25, 0.3) is 12.2 Å². The number of hydrogen-bond donors (Lipinski definition) is 0. The van der Waals surface area contributed by atoms with Crippen molar-refractivity contribution in [3.05, 3.63) is 190 Å². The van der Waals surface area contributed by atoms with E-state index in [1.807, 2.05) is 0 Å². The Kier molecular flexibility index (Phi) is 8.80. The highest BCUT2D eigenvalue weighted by Gasteiger charge is 2.26. The molecule has 0 radical (unpaired) electrons. The number of allylic oxidation sites excluding steroid dienone is 14. The van der Waals surface area contributed by atoms with Gasteiger partial charge in [-0.2, -0.15) is 0 Å². The van der Waals surface area contributed by atoms with Crippen molar-refractivity contribution in [2.75, 3.05) is 4.90 Å². The maximum Gasteiger partial charge on any atom is 0.0562 e. The number of aryl methyl sites for hydroxylation is 1. The van der Waals surface area contributed by atoms with Gasteiger partial charge in [0, 0.05) is 28.5 Å². The van der Waals surface area contributed by atoms with Crippen molar-refractivity contribution in [1.82, 2.24) is 4.90 Å². The van der Waals surface area contributed by atoms with Crippen molar-refractivity contribution in [3.63, 3.8) is 0 Å². The van der Waals surface area contributed by atoms with Gasteiger partial charge in [0.05, 0.1) is 6.04 Å². The maximum atomic E-state index is 2.60. The highest BCUT2D eigenvalue weighted by molar-refractivity contribution is 5.73. The van der Waals surface area contributed by atoms with Crippen LogP contribution in [-0.4, -0.2) is 10.9 Å². The van der Waals surface area contributed by atoms with E-state index >= 15 is 0 Å². The van der Waals surface area contributed by atoms with Gasteiger partial charge in [-0.15, -0.1) is 0 Å². The van der Waals surface area contributed by atoms with Crippen LogP contribution in [0.3, 0.4) is 0 Å². The molecule has 1 atom stereocenters. The summed E-state index contributed by atoms with van der Waals surface area (Å²) in [5.74, 6) is 0. The van der Waals surface area contributed by atoms with Gasteiger partial charge in [-0.25, -0.2) is 0 Å². The first kappa shape index (κ1) is 30.3. The predicted octanol–water partition coefficient (Wildman–Crippen LogP) is 11.7. The second-order valence-corrected chi connectivity index (χ2v) is 13.4. The van der Waals surface area contributed by atoms with Gasteiger partial charge >= 0.3 is 0 Å². The molecule has 0 heterocycles. The first-order valence-corrected chi connectivity index (χ1v) is 17.8. The Hall–Kier alpha value is -5.08. The minimum absolute atomic E-state index is 0.340. The molecular formula is C46H44N2. The van der Waals surface area contributed by atoms with Crippen LogP contribution in [-0.2, 0) is 12.8 Å². The molecule has 1 unspecified atom stereocenters. The van der Waals surface area contributed by atoms with Crippen LogP contribution < -0.4 is 4.90 Å². The van der Waals surface area contributed by atoms with Gasteiger partial charge < -0.3 is 9.80 Å². The molecule has 2 heteroatoms. The molecule has 0 bridgehead atoms. The Balaban J connectivity index is 1.01. The molecule has 8 rings (SSSR count). The average Bonchev–Trinajstić information content (AvgIpc) is 3.16. The largest absolute Gasteiger partial charge is 0.338 e. The van der Waals surface area contributed by atoms with Gasteiger partial charge in [-0.3, -0.25) is 0 Å². The lowest BCUT2D eigenvalue weighted by Gasteiger charge is -2.38. The lowest BCUT2D eigenvalue weighted by atomic mass is 9.91. The number of hydrogen-bond acceptors (Lipinski definition) is 2. The molecule has 48 heavy (non-hydrogen) atoms. The normalized spacial score (nSPS) is 19.8. The molecule has 2 nitrogen and oxygen atoms in total. The van der Waals surface area contributed by atoms with Gasteiger partial charge in [0.1, 0.15) is 0 Å². The van der Waals surface area contributed by atoms with Crippen molar-refractivity contribution in [2.24, 2.45) is 0 Å². The van der Waals surface area contributed by atoms with E-state index in [0.717, 1.165) is 57.8 Å². The molecule has 3 aromatic carbocycles. The summed E-state index contributed by atoms with van der Waals surface area (Å²) in [6, 6.07) is 27.0. The molecule has 3 aromatic rings. The van der Waals surface area contributed by atoms with Crippen LogP contribution in [0.4, 0.5) is 11.4 Å². The summed E-state index contributed by atoms with van der Waals surface area (Å²) in [6.07, 6.45) is 40.2. The molecule has 5 aliphatic carbocycles. The summed E-state index contributed by atoms with van der Waals surface area (Å²) in [4.78, 5) is 5.05. The second-order valence-electron chi connectivity index (χ2n) is 13.4. The Bertz CT molecular complexity index is 1960. The van der Waals surface area contributed by atoms with Gasteiger partial charge in [-0.1, -0.05) is 109 Å². The Morgan fingerprint density at radius 2 is 1.33 bits per heavy atom. The molecular weight excluding hydrogens is 581 g/mol. The number of fused-ring (bicyclic) bond motifs is 2. The number of nitrogens with zero attached hydrogens (tertiary/aromatic N) is 2. The highest BCUT2D eigenvalue weighted by Crippen LogP contribution is 2.37. The average molecular weight is 625 g/mol. The zero-order chi connectivity index (χ0) is 32.1. The number of para-hydroxylation sites is 1. The van der Waals surface area contributed by atoms with Crippen LogP contribution >= 0.6 is 0 Å². The monoisotopic (exact) mass is 624 g/mol. The first-order valence-electron chi connectivity index (χ1n) is 17.8. The van der Waals surface area contributed by atoms with E-state index < -0.39 is 0 Å². The molecule has 0 saturated carbocycles. The predicted molar refractivity (Wildman–Crippen MR) is 204 cm³/mol. The number of benzene rings is 3. The van der Waals surface area contributed by atoms with E-state index in [0.29, 0.717) is 6.04 Å². The summed E-state index contributed by atoms with van der Waals surface area (Å²) >= 11 is 0. The Labute approximate surface area is 286 Å². The molecule has 0 spiro atoms. The molecule has 0 aromatic heterocycles. The lowest BCUT2D eigenvalue weighted by molar-refractivity contribution is 0.352. The molecule has 238 valence electrons. The minimum Gasteiger partial charge on any atom is -0.338 e. The summed E-state index contributed by atoms with van der Waals surface area (Å²) < 4.78 is 0. The molecule has 0 aliphatic heterocycles. The fraction of sp³-hybridized carbons (Fsp3) is 0.217. The van der Waals surface area contributed by atoms with E-state index in [9.17, 15) is 0 Å². The van der Waals surface area contributed by atoms with E-state index in [-0.39, 0.29) is 0 Å². The van der Waals surface area contributed by atoms with E-state index in [1.165, 1.54) is 61.9 Å². The van der Waals surface area contributed by atoms with Crippen LogP contribution in [0.5, 0.6) is 0 Å². The fourth-order valence-electron chi connectivity index (χ4n) is 7.69. The smallest absolute Gasteiger partial charge is 0.0562 e. The third kappa shape index (κ3) is 6.53. The topological polar surface area (TPSA) is 6.48 Å². The Morgan fingerprint density at radius 3 is 2.10 bits per heavy atom. The quantitative estimate of drug-likeness (QED) is 0.246. The second kappa shape index (κ2) is 14.0. The Morgan fingerprint density at radius 1 is 0.562 bits per heavy atom. The van der Waals surface area contributed by atoms with Crippen molar-refractivity contribution < 1.29 is 0 Å². The van der Waals surface area contributed by atoms with Crippen molar-refractivity contribution >= 4 is 23.5 Å². The van der Waals surface area contributed by atoms with E-state index in [2.05, 4.69) is 162 Å². The minimum atomic E-state index is 0.340. The summed E-state index contributed by atoms with van der Waals surface area (Å²) in [5.41, 5.74) is 14.9. The zero-order valence-corrected chi connectivity index (χ0v) is 27.8. The zero-order valence-electron chi connectivity index (χ0n) is 27.8. The van der Waals surface area contributed by atoms with Crippen LogP contribution in [0.1, 0.15) is 67.2 Å². The van der Waals surface area contributed by atoms with Crippen LogP contribution in [0, 0.1) is 0 Å². The summed E-state index contributed by atoms with van der Waals surface area (Å²) in [6.45, 7) is 0. The summed E-state index contributed by atoms with van der Waals surface area (Å²) in [5, 5.41) is 0. The van der Waals surface area contributed by atoms with Crippen molar-refractivity contribution in [1.29, 1.82) is 0 Å². The fourth-order valence-corrected chi connectivity index (χ4v) is 7.69. The molecule has 0 amide bonds. The van der Waals surface area contributed by atoms with Crippen LogP contribution in [0.2, 0.25) is 0 Å². The van der Waals surface area contributed by atoms with Crippen LogP contribution in [0.15, 0.2) is 168 Å². The van der Waals surface area contributed by atoms with E-state index in [1.54, 1.807) is 0 Å². The van der Waals surface area contributed by atoms with Gasteiger partial charge in [0.25, 0.3) is 0 Å². The van der Waals surface area contributed by atoms with Gasteiger partial charge in [0.2, 0.25) is 0 Å². The highest BCUT2D eigenvalue weighted by atomic mass is 15.2. The van der Waals surface area contributed by atoms with Gasteiger partial charge in [0.15, 0.2) is 0 Å². The lowest BCUT2D eigenvalue weighted by Crippen LogP contribution is -2.35. The third-order valence-electron chi connectivity index (χ3n) is 10.3. The molecule has 5 aliphatic rings. The standard InChI is InChI=1S/C46H44N2/c1-3-15-41(16-4-1)47(45-31-25-37-11-7-9-13-39(37)33-45)43-27-21-35(22-28-43)19-20-36-23-29-44(30-24-36)48(42-17-5-2-6-18-42)46-32-26-38-12-8-10-14-40(38)34-46/h1,3-5,8-10,12-21,23,25-27,29,31-33,46H,2,6-7,11,22,24,28,30,34H2/b20-19+. The molecule has 0 saturated heterocycles.